The van der Waals surface area contributed by atoms with E-state index in [1.54, 1.807) is 30.5 Å². The van der Waals surface area contributed by atoms with E-state index in [9.17, 15) is 13.3 Å². The Balaban J connectivity index is 1.90. The smallest absolute Gasteiger partial charge is 0.215 e. The molecule has 1 unspecified atom stereocenters. The van der Waals surface area contributed by atoms with Crippen LogP contribution in [0.15, 0.2) is 50.0 Å². The van der Waals surface area contributed by atoms with Gasteiger partial charge in [0.05, 0.1) is 11.5 Å². The van der Waals surface area contributed by atoms with Crippen LogP contribution in [0.4, 0.5) is 0 Å². The molecular weight excluding hydrogens is 374 g/mol. The first-order chi connectivity index (χ1) is 12.1. The summed E-state index contributed by atoms with van der Waals surface area (Å²) in [4.78, 5) is 10.8. The van der Waals surface area contributed by atoms with E-state index in [0.29, 0.717) is 12.2 Å². The van der Waals surface area contributed by atoms with Gasteiger partial charge < -0.3 is 9.47 Å². The number of hydrogen-bond acceptors (Lipinski definition) is 7. The maximum absolute atomic E-state index is 12.9. The molecule has 6 nitrogen and oxygen atoms in total. The average molecular weight is 396 g/mol. The largest absolute Gasteiger partial charge is 0.347 e. The van der Waals surface area contributed by atoms with Crippen molar-refractivity contribution in [3.8, 4) is 0 Å². The summed E-state index contributed by atoms with van der Waals surface area (Å²) in [5.74, 6) is -0.700. The van der Waals surface area contributed by atoms with Gasteiger partial charge in [0.2, 0.25) is 9.84 Å². The van der Waals surface area contributed by atoms with Crippen LogP contribution >= 0.6 is 11.3 Å². The first-order valence-electron chi connectivity index (χ1n) is 8.18. The zero-order chi connectivity index (χ0) is 19.2. The minimum absolute atomic E-state index is 0.182. The van der Waals surface area contributed by atoms with Gasteiger partial charge in [0.1, 0.15) is 15.9 Å². The van der Waals surface area contributed by atoms with Crippen LogP contribution < -0.4 is 0 Å². The van der Waals surface area contributed by atoms with Crippen molar-refractivity contribution < 1.29 is 17.9 Å². The van der Waals surface area contributed by atoms with Gasteiger partial charge in [0.25, 0.3) is 0 Å². The lowest BCUT2D eigenvalue weighted by Crippen LogP contribution is -2.27. The maximum Gasteiger partial charge on any atom is 0.215 e. The fourth-order valence-corrected chi connectivity index (χ4v) is 5.60. The molecule has 140 valence electrons. The van der Waals surface area contributed by atoms with E-state index in [4.69, 9.17) is 9.47 Å². The number of rotatable bonds is 5. The van der Waals surface area contributed by atoms with Gasteiger partial charge in [-0.15, -0.1) is 11.3 Å². The Morgan fingerprint density at radius 3 is 2.38 bits per heavy atom. The molecule has 2 aromatic rings. The molecule has 1 aliphatic heterocycles. The highest BCUT2D eigenvalue weighted by atomic mass is 32.2. The van der Waals surface area contributed by atoms with Crippen molar-refractivity contribution in [3.05, 3.63) is 51.7 Å². The molecule has 0 spiro atoms. The molecule has 2 atom stereocenters. The van der Waals surface area contributed by atoms with Gasteiger partial charge in [-0.3, -0.25) is 0 Å². The molecule has 0 N–H and O–H groups in total. The first kappa shape index (κ1) is 19.2. The number of thiophene rings is 1. The predicted octanol–water partition coefficient (Wildman–Crippen LogP) is 4.41. The summed E-state index contributed by atoms with van der Waals surface area (Å²) in [7, 11) is -3.64. The Morgan fingerprint density at radius 1 is 1.19 bits per heavy atom. The molecule has 26 heavy (non-hydrogen) atoms. The third kappa shape index (κ3) is 3.46. The van der Waals surface area contributed by atoms with Crippen LogP contribution in [0.5, 0.6) is 0 Å². The van der Waals surface area contributed by atoms with Crippen LogP contribution in [-0.4, -0.2) is 20.8 Å². The van der Waals surface area contributed by atoms with Crippen LogP contribution in [0.3, 0.4) is 0 Å². The second kappa shape index (κ2) is 6.53. The van der Waals surface area contributed by atoms with E-state index in [1.165, 1.54) is 12.1 Å². The molecule has 1 aromatic carbocycles. The van der Waals surface area contributed by atoms with Gasteiger partial charge in [0, 0.05) is 0 Å². The van der Waals surface area contributed by atoms with E-state index < -0.39 is 27.3 Å². The summed E-state index contributed by atoms with van der Waals surface area (Å²) in [6, 6.07) is 7.38. The van der Waals surface area contributed by atoms with Gasteiger partial charge in [0.15, 0.2) is 5.79 Å². The monoisotopic (exact) mass is 395 g/mol. The third-order valence-electron chi connectivity index (χ3n) is 4.45. The average Bonchev–Trinajstić information content (AvgIpc) is 3.20. The summed E-state index contributed by atoms with van der Waals surface area (Å²) < 4.78 is 37.6. The number of ether oxygens (including phenoxy) is 2. The van der Waals surface area contributed by atoms with Crippen LogP contribution in [-0.2, 0) is 24.9 Å². The summed E-state index contributed by atoms with van der Waals surface area (Å²) in [6.45, 7) is 7.58. The Bertz CT molecular complexity index is 917. The first-order valence-corrected chi connectivity index (χ1v) is 10.5. The quantitative estimate of drug-likeness (QED) is 0.701. The Labute approximate surface area is 157 Å². The molecular formula is C18H21NO5S2. The highest BCUT2D eigenvalue weighted by Crippen LogP contribution is 2.41. The highest BCUT2D eigenvalue weighted by molar-refractivity contribution is 7.93. The molecule has 1 aliphatic rings. The maximum atomic E-state index is 12.9. The highest BCUT2D eigenvalue weighted by Gasteiger charge is 2.44. The van der Waals surface area contributed by atoms with Gasteiger partial charge in [-0.05, 0) is 62.4 Å². The van der Waals surface area contributed by atoms with Gasteiger partial charge in [-0.25, -0.2) is 8.42 Å². The topological polar surface area (TPSA) is 82.0 Å². The van der Waals surface area contributed by atoms with E-state index in [-0.39, 0.29) is 9.10 Å². The summed E-state index contributed by atoms with van der Waals surface area (Å²) in [5.41, 5.74) is 0.780. The summed E-state index contributed by atoms with van der Waals surface area (Å²) in [5, 5.41) is 4.75. The molecule has 1 aromatic heterocycles. The van der Waals surface area contributed by atoms with E-state index in [0.717, 1.165) is 16.9 Å². The van der Waals surface area contributed by atoms with Crippen LogP contribution in [0.25, 0.3) is 0 Å². The number of hydrogen-bond donors (Lipinski definition) is 0. The van der Waals surface area contributed by atoms with E-state index in [1.807, 2.05) is 20.8 Å². The van der Waals surface area contributed by atoms with Crippen molar-refractivity contribution >= 4 is 21.2 Å². The molecule has 1 saturated heterocycles. The van der Waals surface area contributed by atoms with Gasteiger partial charge >= 0.3 is 0 Å². The van der Waals surface area contributed by atoms with Crippen LogP contribution in [0, 0.1) is 4.91 Å². The van der Waals surface area contributed by atoms with Crippen molar-refractivity contribution in [2.24, 2.45) is 5.18 Å². The lowest BCUT2D eigenvalue weighted by atomic mass is 10.0. The SMILES string of the molecule is CC(N=O)c1ccc(S(=O)(=O)c2cc([C@@]3(C)COC(C)(C)O3)cs2)cc1. The van der Waals surface area contributed by atoms with E-state index in [2.05, 4.69) is 5.18 Å². The lowest BCUT2D eigenvalue weighted by molar-refractivity contribution is -0.159. The second-order valence-electron chi connectivity index (χ2n) is 7.03. The second-order valence-corrected chi connectivity index (χ2v) is 10.1. The number of sulfone groups is 1. The molecule has 0 radical (unpaired) electrons. The molecule has 0 aliphatic carbocycles. The fraction of sp³-hybridized carbons (Fsp3) is 0.444. The molecule has 3 rings (SSSR count). The molecule has 1 fully saturated rings. The van der Waals surface area contributed by atoms with Crippen molar-refractivity contribution in [2.75, 3.05) is 6.61 Å². The molecule has 0 bridgehead atoms. The van der Waals surface area contributed by atoms with E-state index >= 15 is 0 Å². The molecule has 8 heteroatoms. The molecule has 2 heterocycles. The third-order valence-corrected chi connectivity index (χ3v) is 7.66. The zero-order valence-corrected chi connectivity index (χ0v) is 16.7. The van der Waals surface area contributed by atoms with Crippen molar-refractivity contribution in [1.82, 2.24) is 0 Å². The normalized spacial score (nSPS) is 23.7. The van der Waals surface area contributed by atoms with Crippen LogP contribution in [0.1, 0.15) is 44.9 Å². The molecule has 0 saturated carbocycles. The minimum Gasteiger partial charge on any atom is -0.347 e. The Morgan fingerprint density at radius 2 is 1.85 bits per heavy atom. The van der Waals surface area contributed by atoms with Crippen LogP contribution in [0.2, 0.25) is 0 Å². The number of nitroso groups, excluding NO2 is 1. The molecule has 0 amide bonds. The van der Waals surface area contributed by atoms with Crippen molar-refractivity contribution in [1.29, 1.82) is 0 Å². The standard InChI is InChI=1S/C18H21NO5S2/c1-12(19-20)13-5-7-15(8-6-13)26(21,22)16-9-14(10-25-16)18(4)11-23-17(2,3)24-18/h5-10,12H,11H2,1-4H3/t12?,18-/m1/s1. The zero-order valence-electron chi connectivity index (χ0n) is 15.1. The van der Waals surface area contributed by atoms with Crippen molar-refractivity contribution in [2.45, 2.75) is 54.2 Å². The minimum atomic E-state index is -3.64. The summed E-state index contributed by atoms with van der Waals surface area (Å²) >= 11 is 1.16. The predicted molar refractivity (Wildman–Crippen MR) is 98.9 cm³/mol. The number of nitrogens with zero attached hydrogens (tertiary/aromatic N) is 1. The Hall–Kier alpha value is -1.61. The van der Waals surface area contributed by atoms with Crippen molar-refractivity contribution in [3.63, 3.8) is 0 Å². The Kier molecular flexibility index (Phi) is 4.81. The number of benzene rings is 1. The van der Waals surface area contributed by atoms with Gasteiger partial charge in [-0.2, -0.15) is 4.91 Å². The van der Waals surface area contributed by atoms with Gasteiger partial charge in [-0.1, -0.05) is 17.3 Å². The fourth-order valence-electron chi connectivity index (χ4n) is 2.89. The summed E-state index contributed by atoms with van der Waals surface area (Å²) in [6.07, 6.45) is 0. The lowest BCUT2D eigenvalue weighted by Gasteiger charge is -2.24.